The molecule has 0 saturated heterocycles. The molecule has 0 fully saturated rings. The lowest BCUT2D eigenvalue weighted by Gasteiger charge is -2.27. The second kappa shape index (κ2) is 13.9. The van der Waals surface area contributed by atoms with Gasteiger partial charge in [0.1, 0.15) is 29.3 Å². The lowest BCUT2D eigenvalue weighted by molar-refractivity contribution is -0.148. The molecule has 9 nitrogen and oxygen atoms in total. The predicted molar refractivity (Wildman–Crippen MR) is 175 cm³/mol. The molecule has 3 aromatic carbocycles. The molecule has 0 aliphatic carbocycles. The van der Waals surface area contributed by atoms with E-state index < -0.39 is 18.0 Å². The van der Waals surface area contributed by atoms with Gasteiger partial charge in [-0.3, -0.25) is 4.79 Å². The van der Waals surface area contributed by atoms with Gasteiger partial charge in [-0.1, -0.05) is 42.5 Å². The van der Waals surface area contributed by atoms with E-state index in [4.69, 9.17) is 19.2 Å². The van der Waals surface area contributed by atoms with E-state index in [1.165, 1.54) is 5.56 Å². The molecule has 236 valence electrons. The molecule has 0 amide bonds. The number of aliphatic hydroxyl groups excluding tert-OH is 1. The fourth-order valence-electron chi connectivity index (χ4n) is 6.06. The number of para-hydroxylation sites is 1. The molecule has 0 bridgehead atoms. The van der Waals surface area contributed by atoms with Crippen LogP contribution >= 0.6 is 0 Å². The average Bonchev–Trinajstić information content (AvgIpc) is 3.54. The van der Waals surface area contributed by atoms with E-state index in [0.29, 0.717) is 36.6 Å². The number of benzene rings is 3. The number of aryl methyl sites for hydroxylation is 1. The highest BCUT2D eigenvalue weighted by molar-refractivity contribution is 5.79. The van der Waals surface area contributed by atoms with Gasteiger partial charge in [-0.2, -0.15) is 0 Å². The maximum atomic E-state index is 13.6. The fraction of sp³-hybridized carbons (Fsp3) is 0.270. The second-order valence-electron chi connectivity index (χ2n) is 11.2. The Balaban J connectivity index is 1.36. The molecule has 46 heavy (non-hydrogen) atoms. The quantitative estimate of drug-likeness (QED) is 0.171. The molecule has 0 spiro atoms. The van der Waals surface area contributed by atoms with Crippen molar-refractivity contribution < 1.29 is 24.1 Å². The number of hydrogen-bond donors (Lipinski definition) is 1. The van der Waals surface area contributed by atoms with Gasteiger partial charge in [-0.15, -0.1) is 0 Å². The number of methoxy groups -OCH3 is 2. The number of aromatic nitrogens is 3. The van der Waals surface area contributed by atoms with Gasteiger partial charge in [0.05, 0.1) is 32.8 Å². The number of rotatable bonds is 12. The van der Waals surface area contributed by atoms with E-state index in [-0.39, 0.29) is 6.61 Å². The van der Waals surface area contributed by atoms with E-state index in [2.05, 4.69) is 16.0 Å². The molecule has 3 heterocycles. The summed E-state index contributed by atoms with van der Waals surface area (Å²) in [6, 6.07) is 27.6. The van der Waals surface area contributed by atoms with E-state index in [9.17, 15) is 9.90 Å². The highest BCUT2D eigenvalue weighted by Crippen LogP contribution is 2.37. The minimum atomic E-state index is -1.22. The van der Waals surface area contributed by atoms with Crippen LogP contribution in [0.15, 0.2) is 97.5 Å². The van der Waals surface area contributed by atoms with Crippen molar-refractivity contribution in [1.82, 2.24) is 14.5 Å². The standard InChI is InChI=1S/C37H38N4O5/c1-4-46-37(43)34(36(42)35-32-18-13-27-7-5-6-8-31(27)41(32)24-39-35)28-19-20-38-33(21-28)40(22-25-9-14-29(44-2)15-10-25)23-26-11-16-30(45-3)17-12-26/h5-12,14-17,19-21,24,34,36,42H,4,13,18,22-23H2,1-3H3. The topological polar surface area (TPSA) is 98.9 Å². The van der Waals surface area contributed by atoms with Gasteiger partial charge >= 0.3 is 5.97 Å². The van der Waals surface area contributed by atoms with Crippen molar-refractivity contribution in [2.24, 2.45) is 0 Å². The number of ether oxygens (including phenoxy) is 3. The van der Waals surface area contributed by atoms with Crippen LogP contribution in [0.4, 0.5) is 5.82 Å². The minimum absolute atomic E-state index is 0.190. The van der Waals surface area contributed by atoms with Crippen LogP contribution in [0.5, 0.6) is 11.5 Å². The first-order valence-electron chi connectivity index (χ1n) is 15.4. The maximum Gasteiger partial charge on any atom is 0.316 e. The number of pyridine rings is 1. The number of esters is 1. The van der Waals surface area contributed by atoms with Gasteiger partial charge in [0.25, 0.3) is 0 Å². The molecule has 5 aromatic rings. The van der Waals surface area contributed by atoms with E-state index in [1.54, 1.807) is 39.7 Å². The Morgan fingerprint density at radius 3 is 2.17 bits per heavy atom. The summed E-state index contributed by atoms with van der Waals surface area (Å²) in [6.45, 7) is 3.05. The van der Waals surface area contributed by atoms with Crippen LogP contribution in [0.2, 0.25) is 0 Å². The third-order valence-corrected chi connectivity index (χ3v) is 8.44. The lowest BCUT2D eigenvalue weighted by Crippen LogP contribution is -2.26. The van der Waals surface area contributed by atoms with Crippen molar-refractivity contribution in [1.29, 1.82) is 0 Å². The number of hydrogen-bond acceptors (Lipinski definition) is 8. The van der Waals surface area contributed by atoms with Crippen molar-refractivity contribution in [3.63, 3.8) is 0 Å². The first-order valence-corrected chi connectivity index (χ1v) is 15.4. The number of carbonyl (C=O) groups excluding carboxylic acids is 1. The zero-order chi connectivity index (χ0) is 32.0. The summed E-state index contributed by atoms with van der Waals surface area (Å²) in [7, 11) is 3.29. The molecular formula is C37H38N4O5. The lowest BCUT2D eigenvalue weighted by atomic mass is 9.89. The summed E-state index contributed by atoms with van der Waals surface area (Å²) in [6.07, 6.45) is 3.73. The minimum Gasteiger partial charge on any atom is -0.497 e. The Kier molecular flexibility index (Phi) is 9.30. The van der Waals surface area contributed by atoms with Crippen LogP contribution in [-0.2, 0) is 35.5 Å². The number of imidazole rings is 1. The summed E-state index contributed by atoms with van der Waals surface area (Å²) in [5.41, 5.74) is 6.38. The molecule has 2 atom stereocenters. The summed E-state index contributed by atoms with van der Waals surface area (Å²) in [4.78, 5) is 25.1. The number of carbonyl (C=O) groups is 1. The van der Waals surface area contributed by atoms with Crippen LogP contribution < -0.4 is 14.4 Å². The molecule has 0 saturated carbocycles. The predicted octanol–water partition coefficient (Wildman–Crippen LogP) is 5.97. The second-order valence-corrected chi connectivity index (χ2v) is 11.2. The third-order valence-electron chi connectivity index (χ3n) is 8.44. The van der Waals surface area contributed by atoms with Crippen molar-refractivity contribution in [2.45, 2.75) is 44.9 Å². The van der Waals surface area contributed by atoms with Gasteiger partial charge in [0, 0.05) is 30.7 Å². The normalized spacial score (nSPS) is 13.2. The highest BCUT2D eigenvalue weighted by Gasteiger charge is 2.36. The van der Waals surface area contributed by atoms with E-state index in [1.807, 2.05) is 77.4 Å². The molecule has 2 aromatic heterocycles. The van der Waals surface area contributed by atoms with Crippen molar-refractivity contribution in [3.05, 3.63) is 131 Å². The first kappa shape index (κ1) is 30.9. The van der Waals surface area contributed by atoms with Crippen molar-refractivity contribution >= 4 is 11.8 Å². The van der Waals surface area contributed by atoms with Gasteiger partial charge in [-0.05, 0) is 84.5 Å². The number of anilines is 1. The Morgan fingerprint density at radius 2 is 1.54 bits per heavy atom. The van der Waals surface area contributed by atoms with Gasteiger partial charge < -0.3 is 28.8 Å². The molecule has 0 radical (unpaired) electrons. The summed E-state index contributed by atoms with van der Waals surface area (Å²) in [5, 5.41) is 11.9. The van der Waals surface area contributed by atoms with Crippen molar-refractivity contribution in [3.8, 4) is 17.2 Å². The Hall–Kier alpha value is -5.15. The number of fused-ring (bicyclic) bond motifs is 3. The van der Waals surface area contributed by atoms with E-state index >= 15 is 0 Å². The van der Waals surface area contributed by atoms with Crippen LogP contribution in [0, 0.1) is 0 Å². The SMILES string of the molecule is CCOC(=O)C(c1ccnc(N(Cc2ccc(OC)cc2)Cc2ccc(OC)cc2)c1)C(O)c1ncn2c1CCc1ccccc1-2. The number of aliphatic hydroxyl groups is 1. The first-order chi connectivity index (χ1) is 22.5. The van der Waals surface area contributed by atoms with Gasteiger partial charge in [-0.25, -0.2) is 9.97 Å². The monoisotopic (exact) mass is 618 g/mol. The zero-order valence-electron chi connectivity index (χ0n) is 26.3. The largest absolute Gasteiger partial charge is 0.497 e. The fourth-order valence-corrected chi connectivity index (χ4v) is 6.06. The Labute approximate surface area is 269 Å². The third kappa shape index (κ3) is 6.46. The zero-order valence-corrected chi connectivity index (χ0v) is 26.3. The Morgan fingerprint density at radius 1 is 0.891 bits per heavy atom. The molecule has 1 aliphatic heterocycles. The smallest absolute Gasteiger partial charge is 0.316 e. The number of nitrogens with zero attached hydrogens (tertiary/aromatic N) is 4. The molecule has 2 unspecified atom stereocenters. The molecular weight excluding hydrogens is 580 g/mol. The van der Waals surface area contributed by atoms with Gasteiger partial charge in [0.15, 0.2) is 0 Å². The van der Waals surface area contributed by atoms with Crippen LogP contribution in [-0.4, -0.2) is 46.4 Å². The molecule has 1 N–H and O–H groups in total. The van der Waals surface area contributed by atoms with Crippen LogP contribution in [0.3, 0.4) is 0 Å². The highest BCUT2D eigenvalue weighted by atomic mass is 16.5. The molecule has 1 aliphatic rings. The summed E-state index contributed by atoms with van der Waals surface area (Å²) < 4.78 is 18.2. The van der Waals surface area contributed by atoms with Gasteiger partial charge in [0.2, 0.25) is 0 Å². The maximum absolute atomic E-state index is 13.6. The summed E-state index contributed by atoms with van der Waals surface area (Å²) in [5.74, 6) is 0.708. The van der Waals surface area contributed by atoms with Crippen molar-refractivity contribution in [2.75, 3.05) is 25.7 Å². The Bertz CT molecular complexity index is 1740. The molecule has 9 heteroatoms. The van der Waals surface area contributed by atoms with Crippen LogP contribution in [0.25, 0.3) is 5.69 Å². The van der Waals surface area contributed by atoms with E-state index in [0.717, 1.165) is 40.4 Å². The average molecular weight is 619 g/mol. The van der Waals surface area contributed by atoms with Crippen LogP contribution in [0.1, 0.15) is 52.6 Å². The summed E-state index contributed by atoms with van der Waals surface area (Å²) >= 11 is 0. The molecule has 6 rings (SSSR count).